The fourth-order valence-corrected chi connectivity index (χ4v) is 9.17. The lowest BCUT2D eigenvalue weighted by Crippen LogP contribution is -2.57. The van der Waals surface area contributed by atoms with E-state index in [-0.39, 0.29) is 17.4 Å². The minimum Gasteiger partial charge on any atom is -0.393 e. The van der Waals surface area contributed by atoms with Gasteiger partial charge in [0, 0.05) is 0 Å². The minimum atomic E-state index is -0.636. The molecule has 0 bridgehead atoms. The second-order valence-electron chi connectivity index (χ2n) is 12.7. The van der Waals surface area contributed by atoms with Crippen LogP contribution in [-0.2, 0) is 0 Å². The molecule has 4 fully saturated rings. The van der Waals surface area contributed by atoms with Crippen LogP contribution in [0, 0.1) is 52.3 Å². The zero-order valence-electron chi connectivity index (χ0n) is 21.8. The van der Waals surface area contributed by atoms with Gasteiger partial charge in [0.2, 0.25) is 0 Å². The maximum Gasteiger partial charge on any atom is 0.104 e. The van der Waals surface area contributed by atoms with Crippen molar-refractivity contribution in [2.24, 2.45) is 52.3 Å². The monoisotopic (exact) mass is 436 g/mol. The summed E-state index contributed by atoms with van der Waals surface area (Å²) in [6.07, 6.45) is 12.0. The number of hydrogen-bond donors (Lipinski definition) is 1. The zero-order chi connectivity index (χ0) is 23.0. The smallest absolute Gasteiger partial charge is 0.104 e. The number of hydrogen-bond acceptors (Lipinski definition) is 1. The van der Waals surface area contributed by atoms with Crippen LogP contribution in [0.1, 0.15) is 119 Å². The van der Waals surface area contributed by atoms with E-state index >= 15 is 4.39 Å². The first-order valence-corrected chi connectivity index (χ1v) is 14.0. The fraction of sp³-hybridized carbons (Fsp3) is 1.00. The molecule has 0 aromatic rings. The topological polar surface area (TPSA) is 20.2 Å². The summed E-state index contributed by atoms with van der Waals surface area (Å²) in [7, 11) is 0. The first kappa shape index (κ1) is 25.5. The highest BCUT2D eigenvalue weighted by Crippen LogP contribution is 2.68. The number of aliphatic hydroxyl groups excluding tert-OH is 1. The molecule has 0 heterocycles. The quantitative estimate of drug-likeness (QED) is 0.458. The van der Waals surface area contributed by atoms with Crippen molar-refractivity contribution in [2.75, 3.05) is 0 Å². The molecule has 0 aliphatic heterocycles. The van der Waals surface area contributed by atoms with Crippen LogP contribution in [-0.4, -0.2) is 17.4 Å². The van der Waals surface area contributed by atoms with Gasteiger partial charge in [-0.2, -0.15) is 0 Å². The molecule has 2 heteroatoms. The molecule has 9 unspecified atom stereocenters. The minimum absolute atomic E-state index is 0.187. The summed E-state index contributed by atoms with van der Waals surface area (Å²) in [5.74, 6) is 4.23. The van der Waals surface area contributed by atoms with Gasteiger partial charge in [0.25, 0.3) is 0 Å². The molecule has 0 amide bonds. The Morgan fingerprint density at radius 2 is 1.52 bits per heavy atom. The van der Waals surface area contributed by atoms with Crippen LogP contribution in [0.4, 0.5) is 4.39 Å². The Bertz CT molecular complexity index is 575. The summed E-state index contributed by atoms with van der Waals surface area (Å²) in [5.41, 5.74) is 0.634. The Hall–Kier alpha value is -0.110. The van der Waals surface area contributed by atoms with Crippen molar-refractivity contribution in [3.63, 3.8) is 0 Å². The molecule has 4 saturated carbocycles. The number of alkyl halides is 1. The average molecular weight is 437 g/mol. The third kappa shape index (κ3) is 4.63. The highest BCUT2D eigenvalue weighted by atomic mass is 19.1. The van der Waals surface area contributed by atoms with Crippen LogP contribution in [0.25, 0.3) is 0 Å². The van der Waals surface area contributed by atoms with E-state index in [1.165, 1.54) is 44.9 Å². The summed E-state index contributed by atoms with van der Waals surface area (Å²) in [6, 6.07) is 0. The van der Waals surface area contributed by atoms with Crippen LogP contribution in [0.15, 0.2) is 0 Å². The molecule has 4 aliphatic rings. The van der Waals surface area contributed by atoms with Gasteiger partial charge in [-0.05, 0) is 104 Å². The molecule has 182 valence electrons. The second kappa shape index (κ2) is 10.0. The van der Waals surface area contributed by atoms with Crippen LogP contribution in [0.3, 0.4) is 0 Å². The molecule has 0 radical (unpaired) electrons. The molecule has 0 aromatic heterocycles. The van der Waals surface area contributed by atoms with Gasteiger partial charge in [0.05, 0.1) is 6.10 Å². The van der Waals surface area contributed by atoms with Gasteiger partial charge in [0.15, 0.2) is 0 Å². The summed E-state index contributed by atoms with van der Waals surface area (Å²) in [5, 5.41) is 10.2. The predicted octanol–water partition coefficient (Wildman–Crippen LogP) is 8.44. The van der Waals surface area contributed by atoms with Crippen molar-refractivity contribution in [3.8, 4) is 0 Å². The average Bonchev–Trinajstić information content (AvgIpc) is 3.08. The molecule has 10 atom stereocenters. The highest BCUT2D eigenvalue weighted by Gasteiger charge is 2.63. The number of aliphatic hydroxyl groups is 1. The Morgan fingerprint density at radius 3 is 2.19 bits per heavy atom. The van der Waals surface area contributed by atoms with E-state index in [9.17, 15) is 5.11 Å². The van der Waals surface area contributed by atoms with Gasteiger partial charge in [-0.15, -0.1) is 0 Å². The second-order valence-corrected chi connectivity index (χ2v) is 12.7. The standard InChI is InChI=1S/C27H47FO.C2H6/c1-17(2)7-6-8-18(3)21-9-10-22-25-23(12-14-27(21,22)5)26(4)13-11-20(29)15-19(26)16-24(25)28;1-2/h17-25,29H,6-16H2,1-5H3;1-2H3/t18-,19?,20?,21?,22?,23?,24?,25?,26?,27?;/m1./s1. The number of halogens is 1. The molecule has 0 spiro atoms. The molecule has 0 saturated heterocycles. The van der Waals surface area contributed by atoms with Crippen molar-refractivity contribution >= 4 is 0 Å². The zero-order valence-corrected chi connectivity index (χ0v) is 21.8. The van der Waals surface area contributed by atoms with Crippen molar-refractivity contribution in [1.29, 1.82) is 0 Å². The SMILES string of the molecule is CC.CC(C)CCC[C@@H](C)C1CCC2C3C(F)CC4CC(O)CCC4(C)C3CCC21C. The molecule has 1 N–H and O–H groups in total. The Balaban J connectivity index is 0.00000132. The van der Waals surface area contributed by atoms with Crippen LogP contribution >= 0.6 is 0 Å². The van der Waals surface area contributed by atoms with E-state index in [0.29, 0.717) is 23.2 Å². The lowest BCUT2D eigenvalue weighted by molar-refractivity contribution is -0.157. The van der Waals surface area contributed by atoms with Gasteiger partial charge in [-0.25, -0.2) is 4.39 Å². The summed E-state index contributed by atoms with van der Waals surface area (Å²) < 4.78 is 15.7. The van der Waals surface area contributed by atoms with Crippen LogP contribution < -0.4 is 0 Å². The van der Waals surface area contributed by atoms with E-state index < -0.39 is 6.17 Å². The van der Waals surface area contributed by atoms with Gasteiger partial charge >= 0.3 is 0 Å². The van der Waals surface area contributed by atoms with E-state index in [4.69, 9.17) is 0 Å². The Kier molecular flexibility index (Phi) is 8.25. The Labute approximate surface area is 193 Å². The summed E-state index contributed by atoms with van der Waals surface area (Å²) in [6.45, 7) is 16.2. The normalized spacial score (nSPS) is 47.6. The fourth-order valence-electron chi connectivity index (χ4n) is 9.17. The molecular weight excluding hydrogens is 383 g/mol. The van der Waals surface area contributed by atoms with Gasteiger partial charge in [0.1, 0.15) is 6.17 Å². The van der Waals surface area contributed by atoms with Gasteiger partial charge < -0.3 is 5.11 Å². The predicted molar refractivity (Wildman–Crippen MR) is 131 cm³/mol. The molecular formula is C29H53FO. The first-order valence-electron chi connectivity index (χ1n) is 14.0. The Morgan fingerprint density at radius 1 is 0.871 bits per heavy atom. The van der Waals surface area contributed by atoms with E-state index in [1.54, 1.807) is 0 Å². The van der Waals surface area contributed by atoms with Crippen LogP contribution in [0.2, 0.25) is 0 Å². The maximum atomic E-state index is 15.7. The maximum absolute atomic E-state index is 15.7. The molecule has 0 aromatic carbocycles. The lowest BCUT2D eigenvalue weighted by atomic mass is 9.44. The van der Waals surface area contributed by atoms with Gasteiger partial charge in [-0.1, -0.05) is 67.7 Å². The largest absolute Gasteiger partial charge is 0.393 e. The van der Waals surface area contributed by atoms with E-state index in [2.05, 4.69) is 34.6 Å². The highest BCUT2D eigenvalue weighted by molar-refractivity contribution is 5.11. The van der Waals surface area contributed by atoms with E-state index in [0.717, 1.165) is 43.4 Å². The van der Waals surface area contributed by atoms with Gasteiger partial charge in [-0.3, -0.25) is 0 Å². The summed E-state index contributed by atoms with van der Waals surface area (Å²) in [4.78, 5) is 0. The van der Waals surface area contributed by atoms with Crippen molar-refractivity contribution in [2.45, 2.75) is 131 Å². The number of fused-ring (bicyclic) bond motifs is 5. The molecule has 4 rings (SSSR count). The number of rotatable bonds is 5. The first-order chi connectivity index (χ1) is 14.7. The van der Waals surface area contributed by atoms with Crippen molar-refractivity contribution in [3.05, 3.63) is 0 Å². The molecule has 1 nitrogen and oxygen atoms in total. The van der Waals surface area contributed by atoms with Crippen molar-refractivity contribution < 1.29 is 9.50 Å². The van der Waals surface area contributed by atoms with Crippen LogP contribution in [0.5, 0.6) is 0 Å². The van der Waals surface area contributed by atoms with E-state index in [1.807, 2.05) is 13.8 Å². The molecule has 4 aliphatic carbocycles. The third-order valence-corrected chi connectivity index (χ3v) is 10.8. The molecule has 31 heavy (non-hydrogen) atoms. The third-order valence-electron chi connectivity index (χ3n) is 10.8. The van der Waals surface area contributed by atoms with Crippen molar-refractivity contribution in [1.82, 2.24) is 0 Å². The lowest BCUT2D eigenvalue weighted by Gasteiger charge is -2.62. The summed E-state index contributed by atoms with van der Waals surface area (Å²) >= 11 is 0.